The van der Waals surface area contributed by atoms with Crippen molar-refractivity contribution in [1.29, 1.82) is 0 Å². The van der Waals surface area contributed by atoms with E-state index in [2.05, 4.69) is 11.0 Å². The number of rotatable bonds is 3. The summed E-state index contributed by atoms with van der Waals surface area (Å²) in [4.78, 5) is 2.59. The van der Waals surface area contributed by atoms with E-state index in [9.17, 15) is 0 Å². The lowest BCUT2D eigenvalue weighted by Gasteiger charge is -2.25. The molecule has 0 aromatic heterocycles. The van der Waals surface area contributed by atoms with E-state index in [4.69, 9.17) is 11.6 Å². The van der Waals surface area contributed by atoms with E-state index in [1.54, 1.807) is 0 Å². The van der Waals surface area contributed by atoms with Crippen LogP contribution in [-0.2, 0) is 0 Å². The van der Waals surface area contributed by atoms with E-state index in [-0.39, 0.29) is 0 Å². The van der Waals surface area contributed by atoms with E-state index in [1.807, 2.05) is 6.08 Å². The summed E-state index contributed by atoms with van der Waals surface area (Å²) in [6.45, 7) is 2.45. The van der Waals surface area contributed by atoms with Crippen LogP contribution < -0.4 is 0 Å². The fourth-order valence-corrected chi connectivity index (χ4v) is 2.65. The molecule has 2 fully saturated rings. The Bertz CT molecular complexity index is 179. The predicted octanol–water partition coefficient (Wildman–Crippen LogP) is 2.27. The first-order valence-corrected chi connectivity index (χ1v) is 5.38. The van der Waals surface area contributed by atoms with Crippen LogP contribution >= 0.6 is 11.6 Å². The minimum atomic E-state index is 0.655. The molecule has 12 heavy (non-hydrogen) atoms. The maximum absolute atomic E-state index is 5.56. The number of allylic oxidation sites excluding steroid dienone is 1. The van der Waals surface area contributed by atoms with Gasteiger partial charge in [-0.1, -0.05) is 12.2 Å². The number of piperidine rings is 1. The van der Waals surface area contributed by atoms with Crippen molar-refractivity contribution in [1.82, 2.24) is 4.90 Å². The first kappa shape index (κ1) is 8.58. The number of nitrogens with zero attached hydrogens (tertiary/aromatic N) is 1. The normalized spacial score (nSPS) is 35.4. The molecule has 2 bridgehead atoms. The summed E-state index contributed by atoms with van der Waals surface area (Å²) in [6, 6.07) is 0.898. The van der Waals surface area contributed by atoms with Crippen LogP contribution in [0.2, 0.25) is 0 Å². The van der Waals surface area contributed by atoms with E-state index >= 15 is 0 Å². The van der Waals surface area contributed by atoms with Crippen LogP contribution in [0.15, 0.2) is 12.2 Å². The van der Waals surface area contributed by atoms with Crippen LogP contribution in [0.25, 0.3) is 0 Å². The molecule has 0 spiro atoms. The Balaban J connectivity index is 1.79. The highest BCUT2D eigenvalue weighted by molar-refractivity contribution is 6.18. The van der Waals surface area contributed by atoms with Gasteiger partial charge in [-0.2, -0.15) is 0 Å². The van der Waals surface area contributed by atoms with Gasteiger partial charge in [0.25, 0.3) is 0 Å². The third-order valence-electron chi connectivity index (χ3n) is 3.12. The second kappa shape index (κ2) is 3.80. The van der Waals surface area contributed by atoms with Crippen molar-refractivity contribution in [2.45, 2.75) is 25.3 Å². The molecule has 0 aromatic rings. The van der Waals surface area contributed by atoms with Gasteiger partial charge in [0.05, 0.1) is 0 Å². The highest BCUT2D eigenvalue weighted by Crippen LogP contribution is 2.36. The van der Waals surface area contributed by atoms with E-state index in [0.29, 0.717) is 5.88 Å². The third kappa shape index (κ3) is 1.67. The van der Waals surface area contributed by atoms with Crippen molar-refractivity contribution in [2.24, 2.45) is 5.92 Å². The molecule has 2 atom stereocenters. The van der Waals surface area contributed by atoms with Crippen molar-refractivity contribution in [3.05, 3.63) is 12.2 Å². The van der Waals surface area contributed by atoms with E-state index in [0.717, 1.165) is 18.5 Å². The van der Waals surface area contributed by atoms with Gasteiger partial charge in [-0.05, 0) is 25.2 Å². The Hall–Kier alpha value is -0.0100. The maximum Gasteiger partial charge on any atom is 0.0404 e. The molecular formula is C10H16ClN. The molecule has 2 unspecified atom stereocenters. The molecule has 0 aromatic carbocycles. The topological polar surface area (TPSA) is 3.24 Å². The van der Waals surface area contributed by atoms with Crippen LogP contribution in [-0.4, -0.2) is 29.9 Å². The maximum atomic E-state index is 5.56. The van der Waals surface area contributed by atoms with Crippen LogP contribution in [0.3, 0.4) is 0 Å². The second-order valence-electron chi connectivity index (χ2n) is 3.91. The summed E-state index contributed by atoms with van der Waals surface area (Å²) < 4.78 is 0. The van der Waals surface area contributed by atoms with Gasteiger partial charge in [-0.15, -0.1) is 11.6 Å². The fourth-order valence-electron chi connectivity index (χ4n) is 2.52. The average Bonchev–Trinajstić information content (AvgIpc) is 2.65. The van der Waals surface area contributed by atoms with Gasteiger partial charge in [-0.3, -0.25) is 4.90 Å². The molecule has 2 rings (SSSR count). The summed E-state index contributed by atoms with van der Waals surface area (Å²) in [5, 5.41) is 0. The smallest absolute Gasteiger partial charge is 0.0404 e. The standard InChI is InChI=1S/C10H16ClN/c11-5-1-2-6-12-8-9-3-4-10(12)7-9/h1-2,9-10H,3-8H2. The zero-order valence-corrected chi connectivity index (χ0v) is 8.13. The van der Waals surface area contributed by atoms with Gasteiger partial charge < -0.3 is 0 Å². The van der Waals surface area contributed by atoms with Gasteiger partial charge >= 0.3 is 0 Å². The summed E-state index contributed by atoms with van der Waals surface area (Å²) in [5.74, 6) is 1.67. The quantitative estimate of drug-likeness (QED) is 0.482. The van der Waals surface area contributed by atoms with Crippen LogP contribution in [0.4, 0.5) is 0 Å². The predicted molar refractivity (Wildman–Crippen MR) is 52.6 cm³/mol. The second-order valence-corrected chi connectivity index (χ2v) is 4.22. The molecule has 68 valence electrons. The summed E-state index contributed by atoms with van der Waals surface area (Å²) in [5.41, 5.74) is 0. The number of halogens is 1. The first-order valence-electron chi connectivity index (χ1n) is 4.85. The summed E-state index contributed by atoms with van der Waals surface area (Å²) in [7, 11) is 0. The molecular weight excluding hydrogens is 170 g/mol. The molecule has 0 radical (unpaired) electrons. The van der Waals surface area contributed by atoms with Crippen molar-refractivity contribution in [2.75, 3.05) is 19.0 Å². The monoisotopic (exact) mass is 185 g/mol. The Morgan fingerprint density at radius 2 is 2.25 bits per heavy atom. The number of alkyl halides is 1. The molecule has 1 saturated carbocycles. The Kier molecular flexibility index (Phi) is 2.72. The first-order chi connectivity index (χ1) is 5.90. The average molecular weight is 186 g/mol. The lowest BCUT2D eigenvalue weighted by atomic mass is 10.1. The molecule has 0 amide bonds. The molecule has 2 aliphatic rings. The SMILES string of the molecule is ClCC=CCN1CC2CCC1C2. The fraction of sp³-hybridized carbons (Fsp3) is 0.800. The van der Waals surface area contributed by atoms with Crippen molar-refractivity contribution in [3.63, 3.8) is 0 Å². The Labute approximate surface area is 79.4 Å². The van der Waals surface area contributed by atoms with Gasteiger partial charge in [0, 0.05) is 25.0 Å². The molecule has 0 N–H and O–H groups in total. The molecule has 2 heteroatoms. The van der Waals surface area contributed by atoms with Gasteiger partial charge in [0.15, 0.2) is 0 Å². The molecule has 1 nitrogen and oxygen atoms in total. The van der Waals surface area contributed by atoms with Gasteiger partial charge in [-0.25, -0.2) is 0 Å². The Morgan fingerprint density at radius 3 is 2.83 bits per heavy atom. The van der Waals surface area contributed by atoms with Crippen molar-refractivity contribution >= 4 is 11.6 Å². The van der Waals surface area contributed by atoms with Gasteiger partial charge in [0.1, 0.15) is 0 Å². The highest BCUT2D eigenvalue weighted by Gasteiger charge is 2.36. The number of hydrogen-bond donors (Lipinski definition) is 0. The number of fused-ring (bicyclic) bond motifs is 2. The lowest BCUT2D eigenvalue weighted by Crippen LogP contribution is -2.31. The molecule has 1 saturated heterocycles. The highest BCUT2D eigenvalue weighted by atomic mass is 35.5. The molecule has 1 heterocycles. The van der Waals surface area contributed by atoms with Crippen molar-refractivity contribution < 1.29 is 0 Å². The number of hydrogen-bond acceptors (Lipinski definition) is 1. The minimum Gasteiger partial charge on any atom is -0.296 e. The molecule has 1 aliphatic carbocycles. The summed E-state index contributed by atoms with van der Waals surface area (Å²) >= 11 is 5.56. The van der Waals surface area contributed by atoms with E-state index < -0.39 is 0 Å². The van der Waals surface area contributed by atoms with Crippen molar-refractivity contribution in [3.8, 4) is 0 Å². The van der Waals surface area contributed by atoms with Crippen LogP contribution in [0, 0.1) is 5.92 Å². The zero-order valence-electron chi connectivity index (χ0n) is 7.38. The molecule has 1 aliphatic heterocycles. The third-order valence-corrected chi connectivity index (χ3v) is 3.30. The lowest BCUT2D eigenvalue weighted by molar-refractivity contribution is 0.236. The Morgan fingerprint density at radius 1 is 1.33 bits per heavy atom. The van der Waals surface area contributed by atoms with E-state index in [1.165, 1.54) is 25.8 Å². The summed E-state index contributed by atoms with van der Waals surface area (Å²) in [6.07, 6.45) is 8.61. The van der Waals surface area contributed by atoms with Crippen LogP contribution in [0.1, 0.15) is 19.3 Å². The zero-order chi connectivity index (χ0) is 8.39. The van der Waals surface area contributed by atoms with Gasteiger partial charge in [0.2, 0.25) is 0 Å². The minimum absolute atomic E-state index is 0.655. The van der Waals surface area contributed by atoms with Crippen LogP contribution in [0.5, 0.6) is 0 Å². The number of likely N-dealkylation sites (tertiary alicyclic amines) is 1. The largest absolute Gasteiger partial charge is 0.296 e.